The number of fused-ring (bicyclic) bond motifs is 1. The number of nitrogens with two attached hydrogens (primary N) is 1. The minimum absolute atomic E-state index is 0.0314. The number of aromatic nitrogens is 2. The number of aliphatic hydroxyl groups is 1. The molecule has 3 rings (SSSR count). The Labute approximate surface area is 104 Å². The number of nitrogens with one attached hydrogen (secondary N) is 1. The van der Waals surface area contributed by atoms with Gasteiger partial charge in [0, 0.05) is 18.8 Å². The zero-order valence-corrected chi connectivity index (χ0v) is 9.97. The Kier molecular flexibility index (Phi) is 2.81. The van der Waals surface area contributed by atoms with Gasteiger partial charge in [-0.2, -0.15) is 0 Å². The summed E-state index contributed by atoms with van der Waals surface area (Å²) >= 11 is 0. The molecule has 0 radical (unpaired) electrons. The molecule has 0 saturated carbocycles. The zero-order valence-electron chi connectivity index (χ0n) is 9.97. The number of aromatic amines is 1. The van der Waals surface area contributed by atoms with Gasteiger partial charge in [0.15, 0.2) is 0 Å². The summed E-state index contributed by atoms with van der Waals surface area (Å²) < 4.78 is 5.42. The van der Waals surface area contributed by atoms with Crippen LogP contribution >= 0.6 is 0 Å². The molecule has 18 heavy (non-hydrogen) atoms. The highest BCUT2D eigenvalue weighted by Gasteiger charge is 2.21. The van der Waals surface area contributed by atoms with E-state index in [1.165, 1.54) is 0 Å². The fourth-order valence-corrected chi connectivity index (χ4v) is 2.19. The van der Waals surface area contributed by atoms with Crippen molar-refractivity contribution in [1.29, 1.82) is 0 Å². The average molecular weight is 248 g/mol. The van der Waals surface area contributed by atoms with Crippen molar-refractivity contribution < 1.29 is 9.84 Å². The van der Waals surface area contributed by atoms with Gasteiger partial charge in [0.1, 0.15) is 0 Å². The molecule has 0 bridgehead atoms. The maximum atomic E-state index is 9.13. The molecule has 2 aromatic rings. The number of hydrogen-bond acceptors (Lipinski definition) is 5. The molecule has 1 aliphatic heterocycles. The molecular formula is C12H16N4O2. The van der Waals surface area contributed by atoms with Crippen LogP contribution in [0.4, 0.5) is 11.6 Å². The molecule has 1 aromatic heterocycles. The Hall–Kier alpha value is -1.79. The molecular weight excluding hydrogens is 232 g/mol. The quantitative estimate of drug-likeness (QED) is 0.667. The van der Waals surface area contributed by atoms with E-state index < -0.39 is 0 Å². The normalized spacial score (nSPS) is 20.5. The van der Waals surface area contributed by atoms with Crippen molar-refractivity contribution in [2.75, 3.05) is 36.9 Å². The molecule has 0 spiro atoms. The molecule has 1 saturated heterocycles. The number of H-pyrrole nitrogens is 1. The van der Waals surface area contributed by atoms with E-state index in [-0.39, 0.29) is 12.7 Å². The maximum Gasteiger partial charge on any atom is 0.204 e. The van der Waals surface area contributed by atoms with E-state index in [2.05, 4.69) is 14.9 Å². The van der Waals surface area contributed by atoms with Gasteiger partial charge in [0.05, 0.1) is 30.4 Å². The number of nitrogen functional groups attached to an aromatic ring is 1. The number of rotatable bonds is 2. The van der Waals surface area contributed by atoms with E-state index in [0.717, 1.165) is 23.5 Å². The van der Waals surface area contributed by atoms with Gasteiger partial charge in [-0.05, 0) is 18.2 Å². The Morgan fingerprint density at radius 1 is 1.56 bits per heavy atom. The predicted molar refractivity (Wildman–Crippen MR) is 69.5 cm³/mol. The van der Waals surface area contributed by atoms with E-state index in [9.17, 15) is 0 Å². The number of imidazole rings is 1. The lowest BCUT2D eigenvalue weighted by Gasteiger charge is -2.31. The van der Waals surface area contributed by atoms with Crippen molar-refractivity contribution in [3.63, 3.8) is 0 Å². The number of benzene rings is 1. The van der Waals surface area contributed by atoms with Crippen molar-refractivity contribution >= 4 is 22.7 Å². The standard InChI is InChI=1S/C12H16N4O2/c13-8-1-2-10-11(5-8)15-12(14-10)16-3-4-18-9(6-16)7-17/h1-2,5,9,17H,3-4,6-7,13H2,(H,14,15). The first kappa shape index (κ1) is 11.3. The van der Waals surface area contributed by atoms with Crippen molar-refractivity contribution in [3.8, 4) is 0 Å². The third-order valence-corrected chi connectivity index (χ3v) is 3.14. The number of morpholine rings is 1. The maximum absolute atomic E-state index is 9.13. The highest BCUT2D eigenvalue weighted by Crippen LogP contribution is 2.21. The number of nitrogens with zero attached hydrogens (tertiary/aromatic N) is 2. The fourth-order valence-electron chi connectivity index (χ4n) is 2.19. The van der Waals surface area contributed by atoms with Crippen LogP contribution in [0.5, 0.6) is 0 Å². The molecule has 1 aromatic carbocycles. The van der Waals surface area contributed by atoms with Gasteiger partial charge in [-0.15, -0.1) is 0 Å². The Morgan fingerprint density at radius 2 is 2.44 bits per heavy atom. The van der Waals surface area contributed by atoms with Crippen LogP contribution < -0.4 is 10.6 Å². The van der Waals surface area contributed by atoms with E-state index in [4.69, 9.17) is 15.6 Å². The van der Waals surface area contributed by atoms with Gasteiger partial charge >= 0.3 is 0 Å². The molecule has 6 heteroatoms. The van der Waals surface area contributed by atoms with Crippen LogP contribution in [0.3, 0.4) is 0 Å². The third-order valence-electron chi connectivity index (χ3n) is 3.14. The van der Waals surface area contributed by atoms with Crippen LogP contribution in [-0.2, 0) is 4.74 Å². The Bertz CT molecular complexity index is 554. The molecule has 1 atom stereocenters. The largest absolute Gasteiger partial charge is 0.399 e. The van der Waals surface area contributed by atoms with E-state index in [1.54, 1.807) is 0 Å². The van der Waals surface area contributed by atoms with E-state index in [0.29, 0.717) is 18.8 Å². The number of ether oxygens (including phenoxy) is 1. The minimum atomic E-state index is -0.142. The van der Waals surface area contributed by atoms with Crippen molar-refractivity contribution in [2.24, 2.45) is 0 Å². The lowest BCUT2D eigenvalue weighted by molar-refractivity contribution is 0.00319. The number of anilines is 2. The second kappa shape index (κ2) is 4.47. The molecule has 6 nitrogen and oxygen atoms in total. The lowest BCUT2D eigenvalue weighted by atomic mass is 10.3. The highest BCUT2D eigenvalue weighted by molar-refractivity contribution is 5.80. The van der Waals surface area contributed by atoms with Crippen LogP contribution in [0.2, 0.25) is 0 Å². The van der Waals surface area contributed by atoms with Gasteiger partial charge < -0.3 is 25.5 Å². The topological polar surface area (TPSA) is 87.4 Å². The minimum Gasteiger partial charge on any atom is -0.399 e. The van der Waals surface area contributed by atoms with Crippen molar-refractivity contribution in [2.45, 2.75) is 6.10 Å². The van der Waals surface area contributed by atoms with Crippen molar-refractivity contribution in [3.05, 3.63) is 18.2 Å². The molecule has 1 fully saturated rings. The number of aliphatic hydroxyl groups excluding tert-OH is 1. The lowest BCUT2D eigenvalue weighted by Crippen LogP contribution is -2.44. The smallest absolute Gasteiger partial charge is 0.204 e. The van der Waals surface area contributed by atoms with Crippen LogP contribution in [0, 0.1) is 0 Å². The van der Waals surface area contributed by atoms with Gasteiger partial charge in [-0.1, -0.05) is 0 Å². The summed E-state index contributed by atoms with van der Waals surface area (Å²) in [5, 5.41) is 9.13. The van der Waals surface area contributed by atoms with Gasteiger partial charge in [-0.3, -0.25) is 0 Å². The summed E-state index contributed by atoms with van der Waals surface area (Å²) in [6, 6.07) is 5.60. The van der Waals surface area contributed by atoms with Crippen LogP contribution in [0.25, 0.3) is 11.0 Å². The zero-order chi connectivity index (χ0) is 12.5. The second-order valence-corrected chi connectivity index (χ2v) is 4.46. The number of hydrogen-bond donors (Lipinski definition) is 3. The van der Waals surface area contributed by atoms with E-state index >= 15 is 0 Å². The van der Waals surface area contributed by atoms with E-state index in [1.807, 2.05) is 18.2 Å². The van der Waals surface area contributed by atoms with Crippen LogP contribution in [0.15, 0.2) is 18.2 Å². The molecule has 4 N–H and O–H groups in total. The molecule has 96 valence electrons. The van der Waals surface area contributed by atoms with Crippen molar-refractivity contribution in [1.82, 2.24) is 9.97 Å². The summed E-state index contributed by atoms with van der Waals surface area (Å²) in [5.74, 6) is 0.803. The molecule has 0 aliphatic carbocycles. The van der Waals surface area contributed by atoms with Crippen LogP contribution in [0.1, 0.15) is 0 Å². The predicted octanol–water partition coefficient (Wildman–Crippen LogP) is 0.343. The van der Waals surface area contributed by atoms with Crippen LogP contribution in [-0.4, -0.2) is 47.5 Å². The molecule has 2 heterocycles. The molecule has 1 unspecified atom stereocenters. The summed E-state index contributed by atoms with van der Waals surface area (Å²) in [6.07, 6.45) is -0.142. The SMILES string of the molecule is Nc1ccc2nc(N3CCOC(CO)C3)[nH]c2c1. The summed E-state index contributed by atoms with van der Waals surface area (Å²) in [5.41, 5.74) is 8.28. The Balaban J connectivity index is 1.89. The summed E-state index contributed by atoms with van der Waals surface area (Å²) in [6.45, 7) is 2.05. The fraction of sp³-hybridized carbons (Fsp3) is 0.417. The Morgan fingerprint density at radius 3 is 3.28 bits per heavy atom. The highest BCUT2D eigenvalue weighted by atomic mass is 16.5. The van der Waals surface area contributed by atoms with Gasteiger partial charge in [0.2, 0.25) is 5.95 Å². The first-order chi connectivity index (χ1) is 8.76. The second-order valence-electron chi connectivity index (χ2n) is 4.46. The average Bonchev–Trinajstić information content (AvgIpc) is 2.81. The van der Waals surface area contributed by atoms with Gasteiger partial charge in [0.25, 0.3) is 0 Å². The third kappa shape index (κ3) is 2.00. The first-order valence-electron chi connectivity index (χ1n) is 5.99. The molecule has 0 amide bonds. The van der Waals surface area contributed by atoms with Gasteiger partial charge in [-0.25, -0.2) is 4.98 Å². The first-order valence-corrected chi connectivity index (χ1v) is 5.99. The summed E-state index contributed by atoms with van der Waals surface area (Å²) in [7, 11) is 0. The molecule has 1 aliphatic rings. The summed E-state index contributed by atoms with van der Waals surface area (Å²) in [4.78, 5) is 9.86. The monoisotopic (exact) mass is 248 g/mol.